The fraction of sp³-hybridized carbons (Fsp3) is 0.105. The van der Waals surface area contributed by atoms with Gasteiger partial charge in [0, 0.05) is 23.5 Å². The molecule has 0 saturated heterocycles. The van der Waals surface area contributed by atoms with E-state index in [-0.39, 0.29) is 24.4 Å². The second-order valence-corrected chi connectivity index (χ2v) is 5.96. The highest BCUT2D eigenvalue weighted by molar-refractivity contribution is 6.01. The van der Waals surface area contributed by atoms with Crippen LogP contribution in [0.25, 0.3) is 11.1 Å². The Kier molecular flexibility index (Phi) is 3.91. The molecule has 1 amide bonds. The van der Waals surface area contributed by atoms with Crippen LogP contribution >= 0.6 is 0 Å². The fourth-order valence-corrected chi connectivity index (χ4v) is 3.00. The first-order valence-electron chi connectivity index (χ1n) is 7.86. The van der Waals surface area contributed by atoms with E-state index in [4.69, 9.17) is 0 Å². The molecule has 4 nitrogen and oxygen atoms in total. The van der Waals surface area contributed by atoms with E-state index < -0.39 is 17.5 Å². The van der Waals surface area contributed by atoms with Gasteiger partial charge in [-0.3, -0.25) is 14.8 Å². The molecule has 3 aromatic rings. The smallest absolute Gasteiger partial charge is 0.233 e. The Bertz CT molecular complexity index is 1020. The highest BCUT2D eigenvalue weighted by atomic mass is 19.2. The van der Waals surface area contributed by atoms with Crippen molar-refractivity contribution in [1.82, 2.24) is 9.97 Å². The minimum atomic E-state index is -0.973. The van der Waals surface area contributed by atoms with Crippen molar-refractivity contribution in [2.45, 2.75) is 13.0 Å². The number of nitrogens with zero attached hydrogens (tertiary/aromatic N) is 3. The number of pyridine rings is 2. The van der Waals surface area contributed by atoms with Crippen molar-refractivity contribution in [2.75, 3.05) is 4.90 Å². The minimum Gasteiger partial charge on any atom is -0.306 e. The van der Waals surface area contributed by atoms with Crippen molar-refractivity contribution >= 4 is 11.6 Å². The largest absolute Gasteiger partial charge is 0.306 e. The highest BCUT2D eigenvalue weighted by Crippen LogP contribution is 2.34. The Hall–Kier alpha value is -3.22. The molecule has 7 heteroatoms. The van der Waals surface area contributed by atoms with Gasteiger partial charge in [0.25, 0.3) is 0 Å². The van der Waals surface area contributed by atoms with E-state index in [0.717, 1.165) is 12.3 Å². The Labute approximate surface area is 146 Å². The molecule has 0 spiro atoms. The van der Waals surface area contributed by atoms with Crippen LogP contribution < -0.4 is 4.90 Å². The molecular formula is C19H12F3N3O. The van der Waals surface area contributed by atoms with Gasteiger partial charge in [0.05, 0.1) is 30.5 Å². The number of carbonyl (C=O) groups excluding carboxylic acids is 1. The Morgan fingerprint density at radius 1 is 1.08 bits per heavy atom. The minimum absolute atomic E-state index is 0.0621. The first kappa shape index (κ1) is 16.3. The fourth-order valence-electron chi connectivity index (χ4n) is 3.00. The molecule has 0 unspecified atom stereocenters. The number of fused-ring (bicyclic) bond motifs is 1. The summed E-state index contributed by atoms with van der Waals surface area (Å²) in [6.07, 6.45) is 4.06. The number of anilines is 1. The molecule has 3 heterocycles. The lowest BCUT2D eigenvalue weighted by Gasteiger charge is -2.18. The number of rotatable bonds is 3. The quantitative estimate of drug-likeness (QED) is 0.720. The molecular weight excluding hydrogens is 343 g/mol. The van der Waals surface area contributed by atoms with E-state index in [2.05, 4.69) is 9.97 Å². The third-order valence-corrected chi connectivity index (χ3v) is 4.22. The van der Waals surface area contributed by atoms with Crippen molar-refractivity contribution in [3.63, 3.8) is 0 Å². The van der Waals surface area contributed by atoms with Crippen LogP contribution in [-0.2, 0) is 17.8 Å². The summed E-state index contributed by atoms with van der Waals surface area (Å²) in [5, 5.41) is 0. The van der Waals surface area contributed by atoms with Gasteiger partial charge in [-0.25, -0.2) is 13.2 Å². The molecule has 0 atom stereocenters. The monoisotopic (exact) mass is 355 g/mol. The van der Waals surface area contributed by atoms with Crippen LogP contribution in [0.15, 0.2) is 48.9 Å². The second kappa shape index (κ2) is 6.25. The van der Waals surface area contributed by atoms with Crippen molar-refractivity contribution in [2.24, 2.45) is 0 Å². The first-order chi connectivity index (χ1) is 12.5. The van der Waals surface area contributed by atoms with E-state index in [1.165, 1.54) is 35.5 Å². The van der Waals surface area contributed by atoms with Gasteiger partial charge in [-0.1, -0.05) is 12.1 Å². The lowest BCUT2D eigenvalue weighted by Crippen LogP contribution is -2.26. The highest BCUT2D eigenvalue weighted by Gasteiger charge is 2.29. The average molecular weight is 355 g/mol. The van der Waals surface area contributed by atoms with Crippen LogP contribution in [0, 0.1) is 17.5 Å². The van der Waals surface area contributed by atoms with Crippen LogP contribution in [0.4, 0.5) is 18.9 Å². The summed E-state index contributed by atoms with van der Waals surface area (Å²) < 4.78 is 40.9. The maximum absolute atomic E-state index is 14.1. The standard InChI is InChI=1S/C19H12F3N3O/c20-13-4-11(7-23-9-13)10-25-17-5-12(8-24-16(17)6-18(25)26)14-2-1-3-15(21)19(14)22/h1-5,7-9H,6,10H2. The predicted octanol–water partition coefficient (Wildman–Crippen LogP) is 3.65. The van der Waals surface area contributed by atoms with Crippen LogP contribution in [0.5, 0.6) is 0 Å². The molecule has 0 saturated carbocycles. The Balaban J connectivity index is 1.74. The Morgan fingerprint density at radius 2 is 1.92 bits per heavy atom. The SMILES string of the molecule is O=C1Cc2ncc(-c3cccc(F)c3F)cc2N1Cc1cncc(F)c1. The summed E-state index contributed by atoms with van der Waals surface area (Å²) in [6.45, 7) is 0.118. The third kappa shape index (κ3) is 2.81. The maximum atomic E-state index is 14.1. The number of hydrogen-bond acceptors (Lipinski definition) is 3. The maximum Gasteiger partial charge on any atom is 0.233 e. The van der Waals surface area contributed by atoms with Crippen LogP contribution in [-0.4, -0.2) is 15.9 Å². The van der Waals surface area contributed by atoms with Crippen LogP contribution in [0.1, 0.15) is 11.3 Å². The number of aromatic nitrogens is 2. The normalized spacial score (nSPS) is 13.2. The molecule has 4 rings (SSSR count). The summed E-state index contributed by atoms with van der Waals surface area (Å²) in [5.41, 5.74) is 1.98. The molecule has 0 fully saturated rings. The van der Waals surface area contributed by atoms with Crippen molar-refractivity contribution in [1.29, 1.82) is 0 Å². The molecule has 26 heavy (non-hydrogen) atoms. The zero-order valence-electron chi connectivity index (χ0n) is 13.4. The number of benzene rings is 1. The second-order valence-electron chi connectivity index (χ2n) is 5.96. The predicted molar refractivity (Wildman–Crippen MR) is 88.7 cm³/mol. The zero-order chi connectivity index (χ0) is 18.3. The number of hydrogen-bond donors (Lipinski definition) is 0. The summed E-state index contributed by atoms with van der Waals surface area (Å²) in [6, 6.07) is 6.77. The number of amides is 1. The van der Waals surface area contributed by atoms with Gasteiger partial charge >= 0.3 is 0 Å². The van der Waals surface area contributed by atoms with Gasteiger partial charge in [-0.2, -0.15) is 0 Å². The van der Waals surface area contributed by atoms with E-state index >= 15 is 0 Å². The van der Waals surface area contributed by atoms with Crippen LogP contribution in [0.2, 0.25) is 0 Å². The van der Waals surface area contributed by atoms with Crippen molar-refractivity contribution in [3.05, 3.63) is 77.6 Å². The lowest BCUT2D eigenvalue weighted by molar-refractivity contribution is -0.117. The molecule has 2 aromatic heterocycles. The van der Waals surface area contributed by atoms with Gasteiger partial charge in [0.2, 0.25) is 5.91 Å². The van der Waals surface area contributed by atoms with E-state index in [1.807, 2.05) is 0 Å². The average Bonchev–Trinajstić information content (AvgIpc) is 2.92. The van der Waals surface area contributed by atoms with E-state index in [9.17, 15) is 18.0 Å². The van der Waals surface area contributed by atoms with Crippen molar-refractivity contribution < 1.29 is 18.0 Å². The molecule has 0 bridgehead atoms. The van der Waals surface area contributed by atoms with Crippen molar-refractivity contribution in [3.8, 4) is 11.1 Å². The topological polar surface area (TPSA) is 46.1 Å². The molecule has 1 aliphatic rings. The lowest BCUT2D eigenvalue weighted by atomic mass is 10.1. The van der Waals surface area contributed by atoms with Gasteiger partial charge in [0.15, 0.2) is 11.6 Å². The third-order valence-electron chi connectivity index (χ3n) is 4.22. The van der Waals surface area contributed by atoms with Crippen LogP contribution in [0.3, 0.4) is 0 Å². The molecule has 0 aliphatic carbocycles. The molecule has 1 aromatic carbocycles. The number of halogens is 3. The van der Waals surface area contributed by atoms with Gasteiger partial charge < -0.3 is 4.90 Å². The van der Waals surface area contributed by atoms with Gasteiger partial charge in [-0.15, -0.1) is 0 Å². The summed E-state index contributed by atoms with van der Waals surface area (Å²) >= 11 is 0. The van der Waals surface area contributed by atoms with Gasteiger partial charge in [-0.05, 0) is 23.8 Å². The van der Waals surface area contributed by atoms with Gasteiger partial charge in [0.1, 0.15) is 5.82 Å². The molecule has 1 aliphatic heterocycles. The summed E-state index contributed by atoms with van der Waals surface area (Å²) in [7, 11) is 0. The number of carbonyl (C=O) groups is 1. The van der Waals surface area contributed by atoms with E-state index in [0.29, 0.717) is 22.5 Å². The molecule has 130 valence electrons. The molecule has 0 N–H and O–H groups in total. The Morgan fingerprint density at radius 3 is 2.73 bits per heavy atom. The first-order valence-corrected chi connectivity index (χ1v) is 7.86. The zero-order valence-corrected chi connectivity index (χ0v) is 13.4. The van der Waals surface area contributed by atoms with E-state index in [1.54, 1.807) is 6.07 Å². The molecule has 0 radical (unpaired) electrons. The summed E-state index contributed by atoms with van der Waals surface area (Å²) in [5.74, 6) is -2.63. The summed E-state index contributed by atoms with van der Waals surface area (Å²) in [4.78, 5) is 21.8.